The number of alkyl halides is 3. The van der Waals surface area contributed by atoms with Crippen molar-refractivity contribution >= 4 is 34.7 Å². The molecule has 1 unspecified atom stereocenters. The maximum Gasteiger partial charge on any atom is 0.418 e. The number of nitrogens with zero attached hydrogens (tertiary/aromatic N) is 5. The lowest BCUT2D eigenvalue weighted by atomic mass is 9.88. The number of fused-ring (bicyclic) bond motifs is 3. The highest BCUT2D eigenvalue weighted by atomic mass is 35.5. The molecule has 2 amide bonds. The van der Waals surface area contributed by atoms with Gasteiger partial charge in [-0.05, 0) is 18.9 Å². The van der Waals surface area contributed by atoms with Crippen LogP contribution in [0.3, 0.4) is 0 Å². The maximum atomic E-state index is 13.7. The van der Waals surface area contributed by atoms with Gasteiger partial charge in [0.25, 0.3) is 5.91 Å². The number of anilines is 1. The highest BCUT2D eigenvalue weighted by Gasteiger charge is 2.44. The predicted octanol–water partition coefficient (Wildman–Crippen LogP) is 4.05. The molecule has 4 heterocycles. The molecular weight excluding hydrogens is 473 g/mol. The Morgan fingerprint density at radius 1 is 1.18 bits per heavy atom. The molecule has 1 saturated heterocycles. The second-order valence-electron chi connectivity index (χ2n) is 9.19. The molecule has 8 nitrogen and oxygen atoms in total. The van der Waals surface area contributed by atoms with Crippen molar-refractivity contribution in [3.63, 3.8) is 0 Å². The number of nitrogens with one attached hydrogen (secondary N) is 1. The van der Waals surface area contributed by atoms with Gasteiger partial charge in [-0.1, -0.05) is 25.4 Å². The Kier molecular flexibility index (Phi) is 5.08. The lowest BCUT2D eigenvalue weighted by Crippen LogP contribution is -2.43. The highest BCUT2D eigenvalue weighted by molar-refractivity contribution is 6.29. The van der Waals surface area contributed by atoms with E-state index >= 15 is 0 Å². The second-order valence-corrected chi connectivity index (χ2v) is 9.58. The number of pyridine rings is 1. The number of hydrogen-bond acceptors (Lipinski definition) is 5. The van der Waals surface area contributed by atoms with Crippen molar-refractivity contribution in [1.29, 1.82) is 0 Å². The van der Waals surface area contributed by atoms with Crippen LogP contribution in [0, 0.1) is 0 Å². The predicted molar refractivity (Wildman–Crippen MR) is 117 cm³/mol. The smallest absolute Gasteiger partial charge is 0.337 e. The molecule has 1 N–H and O–H groups in total. The van der Waals surface area contributed by atoms with Crippen molar-refractivity contribution in [3.05, 3.63) is 52.2 Å². The minimum Gasteiger partial charge on any atom is -0.337 e. The van der Waals surface area contributed by atoms with Crippen LogP contribution in [-0.2, 0) is 16.4 Å². The van der Waals surface area contributed by atoms with Gasteiger partial charge in [0.15, 0.2) is 10.8 Å². The van der Waals surface area contributed by atoms with Crippen LogP contribution in [-0.4, -0.2) is 49.4 Å². The van der Waals surface area contributed by atoms with Crippen molar-refractivity contribution in [2.75, 3.05) is 18.4 Å². The van der Waals surface area contributed by atoms with E-state index in [4.69, 9.17) is 11.6 Å². The monoisotopic (exact) mass is 492 g/mol. The fraction of sp³-hybridized carbons (Fsp3) is 0.409. The molecule has 1 atom stereocenters. The van der Waals surface area contributed by atoms with Gasteiger partial charge in [-0.15, -0.1) is 0 Å². The molecular formula is C22H20ClF3N6O2. The number of amides is 2. The molecule has 0 saturated carbocycles. The lowest BCUT2D eigenvalue weighted by molar-refractivity contribution is -0.138. The zero-order valence-corrected chi connectivity index (χ0v) is 19.0. The fourth-order valence-electron chi connectivity index (χ4n) is 4.62. The number of carbonyl (C=O) groups is 2. The van der Waals surface area contributed by atoms with Gasteiger partial charge in [-0.25, -0.2) is 14.5 Å². The first kappa shape index (κ1) is 22.6. The van der Waals surface area contributed by atoms with E-state index in [1.54, 1.807) is 16.8 Å². The molecule has 178 valence electrons. The Morgan fingerprint density at radius 2 is 1.91 bits per heavy atom. The summed E-state index contributed by atoms with van der Waals surface area (Å²) in [6.07, 6.45) is -1.00. The normalized spacial score (nSPS) is 19.1. The molecule has 1 aliphatic carbocycles. The van der Waals surface area contributed by atoms with Gasteiger partial charge < -0.3 is 10.2 Å². The molecule has 3 aromatic heterocycles. The van der Waals surface area contributed by atoms with Crippen LogP contribution in [0.2, 0.25) is 5.15 Å². The van der Waals surface area contributed by atoms with Crippen molar-refractivity contribution in [2.45, 2.75) is 44.2 Å². The number of hydrogen-bond donors (Lipinski definition) is 1. The minimum absolute atomic E-state index is 0.139. The SMILES string of the molecule is CC1(C)CC(C(=O)Nc2cnc(C(=O)N3CCC3)c(C(F)(F)F)c2)c2cnc3cc(Cl)nn3c21. The van der Waals surface area contributed by atoms with E-state index < -0.39 is 40.6 Å². The van der Waals surface area contributed by atoms with Crippen LogP contribution < -0.4 is 5.32 Å². The molecule has 34 heavy (non-hydrogen) atoms. The van der Waals surface area contributed by atoms with Crippen LogP contribution in [0.25, 0.3) is 5.65 Å². The van der Waals surface area contributed by atoms with E-state index in [9.17, 15) is 22.8 Å². The third-order valence-corrected chi connectivity index (χ3v) is 6.52. The topological polar surface area (TPSA) is 92.5 Å². The van der Waals surface area contributed by atoms with E-state index in [0.29, 0.717) is 30.7 Å². The molecule has 0 aromatic carbocycles. The van der Waals surface area contributed by atoms with Gasteiger partial charge in [-0.3, -0.25) is 9.59 Å². The molecule has 12 heteroatoms. The molecule has 0 spiro atoms. The van der Waals surface area contributed by atoms with E-state index in [1.807, 2.05) is 13.8 Å². The van der Waals surface area contributed by atoms with Gasteiger partial charge in [0.2, 0.25) is 5.91 Å². The molecule has 5 rings (SSSR count). The van der Waals surface area contributed by atoms with E-state index in [0.717, 1.165) is 24.4 Å². The molecule has 0 bridgehead atoms. The third-order valence-electron chi connectivity index (χ3n) is 6.34. The first-order valence-corrected chi connectivity index (χ1v) is 11.1. The molecule has 0 radical (unpaired) electrons. The number of likely N-dealkylation sites (tertiary alicyclic amines) is 1. The maximum absolute atomic E-state index is 13.7. The van der Waals surface area contributed by atoms with Gasteiger partial charge in [-0.2, -0.15) is 18.3 Å². The van der Waals surface area contributed by atoms with Crippen molar-refractivity contribution in [1.82, 2.24) is 24.5 Å². The number of aromatic nitrogens is 4. The summed E-state index contributed by atoms with van der Waals surface area (Å²) >= 11 is 6.03. The quantitative estimate of drug-likeness (QED) is 0.595. The average Bonchev–Trinajstić information content (AvgIpc) is 3.21. The summed E-state index contributed by atoms with van der Waals surface area (Å²) in [5, 5.41) is 7.07. The lowest BCUT2D eigenvalue weighted by Gasteiger charge is -2.31. The largest absolute Gasteiger partial charge is 0.418 e. The summed E-state index contributed by atoms with van der Waals surface area (Å²) < 4.78 is 42.7. The number of carbonyl (C=O) groups excluding carboxylic acids is 2. The summed E-state index contributed by atoms with van der Waals surface area (Å²) in [7, 11) is 0. The molecule has 1 aliphatic heterocycles. The van der Waals surface area contributed by atoms with Gasteiger partial charge in [0, 0.05) is 36.3 Å². The molecule has 3 aromatic rings. The molecule has 2 aliphatic rings. The third kappa shape index (κ3) is 3.67. The van der Waals surface area contributed by atoms with E-state index in [-0.39, 0.29) is 10.8 Å². The Balaban J connectivity index is 1.46. The summed E-state index contributed by atoms with van der Waals surface area (Å²) in [6.45, 7) is 4.70. The Labute approximate surface area is 197 Å². The summed E-state index contributed by atoms with van der Waals surface area (Å²) in [5.74, 6) is -1.93. The average molecular weight is 493 g/mol. The van der Waals surface area contributed by atoms with Gasteiger partial charge >= 0.3 is 6.18 Å². The first-order valence-electron chi connectivity index (χ1n) is 10.7. The van der Waals surface area contributed by atoms with E-state index in [2.05, 4.69) is 20.4 Å². The highest BCUT2D eigenvalue weighted by Crippen LogP contribution is 2.46. The Bertz CT molecular complexity index is 1330. The number of rotatable bonds is 3. The van der Waals surface area contributed by atoms with Crippen molar-refractivity contribution in [2.24, 2.45) is 0 Å². The zero-order chi connectivity index (χ0) is 24.4. The fourth-order valence-corrected chi connectivity index (χ4v) is 4.79. The first-order chi connectivity index (χ1) is 16.0. The van der Waals surface area contributed by atoms with Crippen LogP contribution >= 0.6 is 11.6 Å². The molecule has 1 fully saturated rings. The standard InChI is InChI=1S/C22H20ClF3N6O2/c1-21(2)8-12(13-10-27-16-7-15(23)30-32(16)18(13)21)19(33)29-11-6-14(22(24,25)26)17(28-9-11)20(34)31-4-3-5-31/h6-7,9-10,12H,3-5,8H2,1-2H3,(H,29,33). The van der Waals surface area contributed by atoms with Gasteiger partial charge in [0.05, 0.1) is 29.1 Å². The van der Waals surface area contributed by atoms with Gasteiger partial charge in [0.1, 0.15) is 5.69 Å². The second kappa shape index (κ2) is 7.66. The van der Waals surface area contributed by atoms with Crippen LogP contribution in [0.5, 0.6) is 0 Å². The number of halogens is 4. The minimum atomic E-state index is -4.81. The Morgan fingerprint density at radius 3 is 2.56 bits per heavy atom. The summed E-state index contributed by atoms with van der Waals surface area (Å²) in [6, 6.07) is 2.37. The Hall–Kier alpha value is -3.21. The van der Waals surface area contributed by atoms with Crippen LogP contribution in [0.15, 0.2) is 24.5 Å². The van der Waals surface area contributed by atoms with Crippen LogP contribution in [0.4, 0.5) is 18.9 Å². The summed E-state index contributed by atoms with van der Waals surface area (Å²) in [5.41, 5.74) is -0.503. The zero-order valence-electron chi connectivity index (χ0n) is 18.3. The summed E-state index contributed by atoms with van der Waals surface area (Å²) in [4.78, 5) is 35.0. The van der Waals surface area contributed by atoms with Crippen molar-refractivity contribution < 1.29 is 22.8 Å². The van der Waals surface area contributed by atoms with Crippen molar-refractivity contribution in [3.8, 4) is 0 Å². The van der Waals surface area contributed by atoms with Crippen LogP contribution in [0.1, 0.15) is 59.9 Å². The van der Waals surface area contributed by atoms with E-state index in [1.165, 1.54) is 4.90 Å².